The lowest BCUT2D eigenvalue weighted by atomic mass is 9.78. The van der Waals surface area contributed by atoms with E-state index in [2.05, 4.69) is 0 Å². The summed E-state index contributed by atoms with van der Waals surface area (Å²) in [7, 11) is 1.59. The van der Waals surface area contributed by atoms with Crippen LogP contribution < -0.4 is 37.9 Å². The Bertz CT molecular complexity index is 2000. The minimum atomic E-state index is -1.06. The summed E-state index contributed by atoms with van der Waals surface area (Å²) in [6.45, 7) is 6.43. The van der Waals surface area contributed by atoms with Crippen molar-refractivity contribution in [2.24, 2.45) is 0 Å². The van der Waals surface area contributed by atoms with Gasteiger partial charge in [0.2, 0.25) is 0 Å². The van der Waals surface area contributed by atoms with Gasteiger partial charge in [0.15, 0.2) is 0 Å². The highest BCUT2D eigenvalue weighted by atomic mass is 16.7. The smallest absolute Gasteiger partial charge is 0.497 e. The van der Waals surface area contributed by atoms with Crippen LogP contribution in [0.5, 0.6) is 51.7 Å². The van der Waals surface area contributed by atoms with Crippen molar-refractivity contribution in [3.63, 3.8) is 0 Å². The van der Waals surface area contributed by atoms with Crippen molar-refractivity contribution in [3.05, 3.63) is 126 Å². The van der Waals surface area contributed by atoms with E-state index in [-0.39, 0.29) is 28.7 Å². The van der Waals surface area contributed by atoms with Crippen LogP contribution in [0.15, 0.2) is 115 Å². The third-order valence-corrected chi connectivity index (χ3v) is 7.45. The van der Waals surface area contributed by atoms with E-state index < -0.39 is 29.7 Å². The van der Waals surface area contributed by atoms with Gasteiger partial charge in [-0.1, -0.05) is 38.1 Å². The third kappa shape index (κ3) is 10.1. The van der Waals surface area contributed by atoms with E-state index >= 15 is 0 Å². The molecule has 5 rings (SSSR count). The summed E-state index contributed by atoms with van der Waals surface area (Å²) < 4.78 is 42.2. The van der Waals surface area contributed by atoms with Crippen molar-refractivity contribution in [3.8, 4) is 51.7 Å². The van der Waals surface area contributed by atoms with Gasteiger partial charge < -0.3 is 37.9 Å². The molecule has 0 bridgehead atoms. The van der Waals surface area contributed by atoms with Crippen molar-refractivity contribution < 1.29 is 57.1 Å². The molecule has 0 aromatic heterocycles. The van der Waals surface area contributed by atoms with Crippen LogP contribution in [-0.4, -0.2) is 31.4 Å². The van der Waals surface area contributed by atoms with Crippen LogP contribution in [0.25, 0.3) is 0 Å². The van der Waals surface area contributed by atoms with Crippen molar-refractivity contribution in [1.29, 1.82) is 0 Å². The first-order chi connectivity index (χ1) is 24.9. The van der Waals surface area contributed by atoms with Crippen molar-refractivity contribution in [2.45, 2.75) is 33.1 Å². The zero-order valence-corrected chi connectivity index (χ0v) is 28.9. The zero-order chi connectivity index (χ0) is 37.3. The van der Waals surface area contributed by atoms with E-state index in [1.165, 1.54) is 32.0 Å². The number of rotatable bonds is 11. The Hall–Kier alpha value is -6.82. The van der Waals surface area contributed by atoms with Gasteiger partial charge in [-0.2, -0.15) is 0 Å². The van der Waals surface area contributed by atoms with Gasteiger partial charge in [-0.3, -0.25) is 9.59 Å². The largest absolute Gasteiger partial charge is 0.519 e. The summed E-state index contributed by atoms with van der Waals surface area (Å²) in [6.07, 6.45) is -1.96. The van der Waals surface area contributed by atoms with Crippen molar-refractivity contribution in [2.75, 3.05) is 7.11 Å². The van der Waals surface area contributed by atoms with Gasteiger partial charge in [-0.15, -0.1) is 0 Å². The fourth-order valence-corrected chi connectivity index (χ4v) is 4.88. The van der Waals surface area contributed by atoms with Gasteiger partial charge >= 0.3 is 24.2 Å². The SMILES string of the molecule is COc1ccc(Oc2ccc(OC(=O)Oc3ccc(C(C)(C)c4ccc(OC(=O)Oc5cc(OC(C)=O)cc(OC(C)=O)c5)cc4)cc3)cc2)cc1. The summed E-state index contributed by atoms with van der Waals surface area (Å²) in [5.41, 5.74) is 1.34. The highest BCUT2D eigenvalue weighted by Gasteiger charge is 2.24. The van der Waals surface area contributed by atoms with Crippen LogP contribution in [0.2, 0.25) is 0 Å². The first-order valence-corrected chi connectivity index (χ1v) is 15.8. The Morgan fingerprint density at radius 3 is 1.04 bits per heavy atom. The predicted molar refractivity (Wildman–Crippen MR) is 187 cm³/mol. The lowest BCUT2D eigenvalue weighted by molar-refractivity contribution is -0.132. The molecule has 266 valence electrons. The summed E-state index contributed by atoms with van der Waals surface area (Å²) in [5.74, 6) is 1.44. The van der Waals surface area contributed by atoms with Crippen LogP contribution in [0.1, 0.15) is 38.8 Å². The summed E-state index contributed by atoms with van der Waals surface area (Å²) in [6, 6.07) is 31.4. The number of benzene rings is 5. The van der Waals surface area contributed by atoms with Gasteiger partial charge in [-0.05, 0) is 83.9 Å². The Kier molecular flexibility index (Phi) is 11.4. The summed E-state index contributed by atoms with van der Waals surface area (Å²) in [4.78, 5) is 47.8. The topological polar surface area (TPSA) is 142 Å². The highest BCUT2D eigenvalue weighted by molar-refractivity contribution is 5.73. The molecule has 0 amide bonds. The molecule has 0 spiro atoms. The van der Waals surface area contributed by atoms with Crippen LogP contribution in [0, 0.1) is 0 Å². The quantitative estimate of drug-likeness (QED) is 0.0736. The van der Waals surface area contributed by atoms with E-state index in [0.717, 1.165) is 16.9 Å². The van der Waals surface area contributed by atoms with E-state index in [1.54, 1.807) is 92.0 Å². The van der Waals surface area contributed by atoms with Gasteiger partial charge in [0, 0.05) is 37.5 Å². The number of esters is 2. The molecule has 0 fully saturated rings. The average Bonchev–Trinajstić information content (AvgIpc) is 3.09. The van der Waals surface area contributed by atoms with Crippen molar-refractivity contribution in [1.82, 2.24) is 0 Å². The second kappa shape index (κ2) is 16.3. The molecular formula is C40H34O12. The van der Waals surface area contributed by atoms with Crippen LogP contribution >= 0.6 is 0 Å². The molecule has 0 aliphatic carbocycles. The molecule has 0 unspecified atom stereocenters. The molecule has 12 nitrogen and oxygen atoms in total. The first kappa shape index (κ1) is 36.5. The zero-order valence-electron chi connectivity index (χ0n) is 28.9. The van der Waals surface area contributed by atoms with E-state index in [9.17, 15) is 19.2 Å². The summed E-state index contributed by atoms with van der Waals surface area (Å²) >= 11 is 0. The lowest BCUT2D eigenvalue weighted by Gasteiger charge is -2.26. The third-order valence-electron chi connectivity index (χ3n) is 7.45. The number of ether oxygens (including phenoxy) is 8. The molecule has 0 radical (unpaired) electrons. The van der Waals surface area contributed by atoms with Crippen LogP contribution in [0.4, 0.5) is 9.59 Å². The highest BCUT2D eigenvalue weighted by Crippen LogP contribution is 2.34. The van der Waals surface area contributed by atoms with Crippen LogP contribution in [0.3, 0.4) is 0 Å². The minimum Gasteiger partial charge on any atom is -0.497 e. The molecule has 12 heteroatoms. The predicted octanol–water partition coefficient (Wildman–Crippen LogP) is 8.82. The van der Waals surface area contributed by atoms with Gasteiger partial charge in [-0.25, -0.2) is 9.59 Å². The standard InChI is InChI=1S/C40H34O12/c1-25(41)46-35-22-36(47-26(2)42)24-37(23-35)52-39(44)50-33-12-8-28(9-13-33)40(3,4)27-6-10-32(11-7-27)49-38(43)51-34-20-18-31(19-21-34)48-30-16-14-29(45-5)15-17-30/h6-24H,1-5H3. The number of carbonyl (C=O) groups is 4. The maximum Gasteiger partial charge on any atom is 0.519 e. The number of carbonyl (C=O) groups excluding carboxylic acids is 4. The first-order valence-electron chi connectivity index (χ1n) is 15.8. The lowest BCUT2D eigenvalue weighted by Crippen LogP contribution is -2.19. The maximum absolute atomic E-state index is 12.5. The number of hydrogen-bond donors (Lipinski definition) is 0. The Balaban J connectivity index is 1.14. The molecule has 0 saturated carbocycles. The molecule has 0 aliphatic heterocycles. The summed E-state index contributed by atoms with van der Waals surface area (Å²) in [5, 5.41) is 0. The van der Waals surface area contributed by atoms with Gasteiger partial charge in [0.25, 0.3) is 0 Å². The number of methoxy groups -OCH3 is 1. The second-order valence-corrected chi connectivity index (χ2v) is 11.7. The fourth-order valence-electron chi connectivity index (χ4n) is 4.88. The molecule has 5 aromatic rings. The maximum atomic E-state index is 12.5. The minimum absolute atomic E-state index is 0.0131. The Labute approximate surface area is 299 Å². The molecular weight excluding hydrogens is 672 g/mol. The van der Waals surface area contributed by atoms with Crippen molar-refractivity contribution >= 4 is 24.2 Å². The second-order valence-electron chi connectivity index (χ2n) is 11.7. The van der Waals surface area contributed by atoms with E-state index in [4.69, 9.17) is 37.9 Å². The Morgan fingerprint density at radius 1 is 0.404 bits per heavy atom. The van der Waals surface area contributed by atoms with E-state index in [1.807, 2.05) is 26.0 Å². The molecule has 0 saturated heterocycles. The Morgan fingerprint density at radius 2 is 0.692 bits per heavy atom. The normalized spacial score (nSPS) is 10.7. The average molecular weight is 707 g/mol. The monoisotopic (exact) mass is 706 g/mol. The molecule has 52 heavy (non-hydrogen) atoms. The molecule has 0 heterocycles. The van der Waals surface area contributed by atoms with Crippen LogP contribution in [-0.2, 0) is 15.0 Å². The molecule has 5 aromatic carbocycles. The number of hydrogen-bond acceptors (Lipinski definition) is 12. The molecule has 0 N–H and O–H groups in total. The molecule has 0 atom stereocenters. The fraction of sp³-hybridized carbons (Fsp3) is 0.150. The van der Waals surface area contributed by atoms with E-state index in [0.29, 0.717) is 17.2 Å². The van der Waals surface area contributed by atoms with Gasteiger partial charge in [0.05, 0.1) is 7.11 Å². The van der Waals surface area contributed by atoms with Gasteiger partial charge in [0.1, 0.15) is 51.7 Å². The molecule has 0 aliphatic rings.